The molecule has 3 rings (SSSR count). The minimum atomic E-state index is -0.231. The number of nitrogens with zero attached hydrogens (tertiary/aromatic N) is 3. The molecule has 2 aromatic heterocycles. The van der Waals surface area contributed by atoms with E-state index in [-0.39, 0.29) is 5.82 Å². The molecule has 18 heavy (non-hydrogen) atoms. The van der Waals surface area contributed by atoms with Crippen molar-refractivity contribution < 1.29 is 4.39 Å². The maximum absolute atomic E-state index is 13.1. The Labute approximate surface area is 111 Å². The van der Waals surface area contributed by atoms with Crippen LogP contribution >= 0.6 is 15.9 Å². The van der Waals surface area contributed by atoms with E-state index in [1.165, 1.54) is 12.1 Å². The Kier molecular flexibility index (Phi) is 2.63. The van der Waals surface area contributed by atoms with Crippen molar-refractivity contribution in [3.63, 3.8) is 0 Å². The van der Waals surface area contributed by atoms with Gasteiger partial charge in [0.1, 0.15) is 5.82 Å². The van der Waals surface area contributed by atoms with Gasteiger partial charge in [0.25, 0.3) is 0 Å². The molecule has 0 spiro atoms. The van der Waals surface area contributed by atoms with Gasteiger partial charge < -0.3 is 0 Å². The number of halogens is 2. The number of hydrogen-bond donors (Lipinski definition) is 0. The SMILES string of the molecule is Cc1cc(F)ccc1-c1cccn2nc(Br)nc12. The summed E-state index contributed by atoms with van der Waals surface area (Å²) in [4.78, 5) is 4.33. The van der Waals surface area contributed by atoms with Crippen LogP contribution in [0.3, 0.4) is 0 Å². The van der Waals surface area contributed by atoms with Gasteiger partial charge in [-0.2, -0.15) is 0 Å². The quantitative estimate of drug-likeness (QED) is 0.687. The lowest BCUT2D eigenvalue weighted by molar-refractivity contribution is 0.627. The molecule has 0 aliphatic heterocycles. The van der Waals surface area contributed by atoms with Crippen LogP contribution in [0.25, 0.3) is 16.8 Å². The zero-order valence-electron chi connectivity index (χ0n) is 9.56. The van der Waals surface area contributed by atoms with Crippen LogP contribution in [-0.4, -0.2) is 14.6 Å². The summed E-state index contributed by atoms with van der Waals surface area (Å²) in [5.41, 5.74) is 3.52. The first-order valence-corrected chi connectivity index (χ1v) is 6.22. The van der Waals surface area contributed by atoms with Crippen LogP contribution in [0.5, 0.6) is 0 Å². The van der Waals surface area contributed by atoms with Gasteiger partial charge in [0.05, 0.1) is 0 Å². The third-order valence-electron chi connectivity index (χ3n) is 2.82. The first-order valence-electron chi connectivity index (χ1n) is 5.42. The lowest BCUT2D eigenvalue weighted by Gasteiger charge is -2.06. The zero-order chi connectivity index (χ0) is 12.7. The van der Waals surface area contributed by atoms with E-state index < -0.39 is 0 Å². The molecular weight excluding hydrogens is 297 g/mol. The topological polar surface area (TPSA) is 30.2 Å². The van der Waals surface area contributed by atoms with E-state index >= 15 is 0 Å². The molecule has 0 amide bonds. The Morgan fingerprint density at radius 2 is 2.06 bits per heavy atom. The lowest BCUT2D eigenvalue weighted by atomic mass is 10.0. The molecule has 0 atom stereocenters. The summed E-state index contributed by atoms with van der Waals surface area (Å²) < 4.78 is 15.4. The van der Waals surface area contributed by atoms with Crippen LogP contribution in [0.2, 0.25) is 0 Å². The molecule has 0 aliphatic rings. The van der Waals surface area contributed by atoms with Crippen LogP contribution in [-0.2, 0) is 0 Å². The number of aromatic nitrogens is 3. The summed E-state index contributed by atoms with van der Waals surface area (Å²) >= 11 is 3.26. The van der Waals surface area contributed by atoms with E-state index in [0.717, 1.165) is 22.3 Å². The Morgan fingerprint density at radius 3 is 2.83 bits per heavy atom. The molecule has 1 aromatic carbocycles. The number of fused-ring (bicyclic) bond motifs is 1. The summed E-state index contributed by atoms with van der Waals surface area (Å²) in [6.45, 7) is 1.88. The highest BCUT2D eigenvalue weighted by Crippen LogP contribution is 2.27. The van der Waals surface area contributed by atoms with Crippen molar-refractivity contribution >= 4 is 21.6 Å². The summed E-state index contributed by atoms with van der Waals surface area (Å²) in [6, 6.07) is 8.59. The van der Waals surface area contributed by atoms with Gasteiger partial charge in [-0.25, -0.2) is 13.9 Å². The first kappa shape index (κ1) is 11.3. The highest BCUT2D eigenvalue weighted by atomic mass is 79.9. The molecule has 0 saturated carbocycles. The summed E-state index contributed by atoms with van der Waals surface area (Å²) in [7, 11) is 0. The molecular formula is C13H9BrFN3. The maximum atomic E-state index is 13.1. The maximum Gasteiger partial charge on any atom is 0.218 e. The van der Waals surface area contributed by atoms with Gasteiger partial charge in [0.2, 0.25) is 4.73 Å². The molecule has 0 aliphatic carbocycles. The second-order valence-corrected chi connectivity index (χ2v) is 4.74. The van der Waals surface area contributed by atoms with Crippen LogP contribution < -0.4 is 0 Å². The van der Waals surface area contributed by atoms with Gasteiger partial charge >= 0.3 is 0 Å². The number of rotatable bonds is 1. The van der Waals surface area contributed by atoms with E-state index in [9.17, 15) is 4.39 Å². The molecule has 0 bridgehead atoms. The van der Waals surface area contributed by atoms with Gasteiger partial charge in [0, 0.05) is 11.8 Å². The minimum Gasteiger partial charge on any atom is -0.219 e. The predicted octanol–water partition coefficient (Wildman–Crippen LogP) is 3.61. The predicted molar refractivity (Wildman–Crippen MR) is 70.8 cm³/mol. The van der Waals surface area contributed by atoms with Crippen LogP contribution in [0, 0.1) is 12.7 Å². The summed E-state index contributed by atoms with van der Waals surface area (Å²) in [5.74, 6) is -0.231. The third-order valence-corrected chi connectivity index (χ3v) is 3.15. The third kappa shape index (κ3) is 1.80. The molecule has 0 saturated heterocycles. The van der Waals surface area contributed by atoms with E-state index in [4.69, 9.17) is 0 Å². The summed E-state index contributed by atoms with van der Waals surface area (Å²) in [6.07, 6.45) is 1.83. The highest BCUT2D eigenvalue weighted by Gasteiger charge is 2.10. The Balaban J connectivity index is 2.31. The molecule has 0 N–H and O–H groups in total. The number of benzene rings is 1. The van der Waals surface area contributed by atoms with Gasteiger partial charge in [-0.3, -0.25) is 0 Å². The first-order chi connectivity index (χ1) is 8.65. The largest absolute Gasteiger partial charge is 0.219 e. The fraction of sp³-hybridized carbons (Fsp3) is 0.0769. The standard InChI is InChI=1S/C13H9BrFN3/c1-8-7-9(15)4-5-10(8)11-3-2-6-18-12(11)16-13(14)17-18/h2-7H,1H3. The highest BCUT2D eigenvalue weighted by molar-refractivity contribution is 9.10. The Bertz CT molecular complexity index is 736. The Hall–Kier alpha value is -1.75. The van der Waals surface area contributed by atoms with Gasteiger partial charge in [-0.05, 0) is 58.2 Å². The molecule has 0 fully saturated rings. The van der Waals surface area contributed by atoms with Crippen molar-refractivity contribution in [2.75, 3.05) is 0 Å². The molecule has 90 valence electrons. The van der Waals surface area contributed by atoms with Crippen molar-refractivity contribution in [1.29, 1.82) is 0 Å². The van der Waals surface area contributed by atoms with Gasteiger partial charge in [-0.1, -0.05) is 6.07 Å². The fourth-order valence-corrected chi connectivity index (χ4v) is 2.36. The van der Waals surface area contributed by atoms with Crippen LogP contribution in [0.15, 0.2) is 41.3 Å². The molecule has 2 heterocycles. The Morgan fingerprint density at radius 1 is 1.22 bits per heavy atom. The summed E-state index contributed by atoms with van der Waals surface area (Å²) in [5, 5.41) is 4.19. The molecule has 0 unspecified atom stereocenters. The molecule has 0 radical (unpaired) electrons. The number of aryl methyl sites for hydroxylation is 1. The number of pyridine rings is 1. The average molecular weight is 306 g/mol. The second-order valence-electron chi connectivity index (χ2n) is 4.03. The van der Waals surface area contributed by atoms with E-state index in [1.54, 1.807) is 10.6 Å². The van der Waals surface area contributed by atoms with Crippen molar-refractivity contribution in [3.8, 4) is 11.1 Å². The lowest BCUT2D eigenvalue weighted by Crippen LogP contribution is -1.91. The van der Waals surface area contributed by atoms with Crippen molar-refractivity contribution in [2.45, 2.75) is 6.92 Å². The molecule has 3 nitrogen and oxygen atoms in total. The van der Waals surface area contributed by atoms with Crippen molar-refractivity contribution in [1.82, 2.24) is 14.6 Å². The van der Waals surface area contributed by atoms with Gasteiger partial charge in [0.15, 0.2) is 5.65 Å². The normalized spacial score (nSPS) is 11.1. The second kappa shape index (κ2) is 4.17. The van der Waals surface area contributed by atoms with Crippen LogP contribution in [0.4, 0.5) is 4.39 Å². The van der Waals surface area contributed by atoms with E-state index in [1.807, 2.05) is 25.3 Å². The smallest absolute Gasteiger partial charge is 0.218 e. The van der Waals surface area contributed by atoms with Crippen molar-refractivity contribution in [2.24, 2.45) is 0 Å². The zero-order valence-corrected chi connectivity index (χ0v) is 11.1. The van der Waals surface area contributed by atoms with Gasteiger partial charge in [-0.15, -0.1) is 5.10 Å². The number of hydrogen-bond acceptors (Lipinski definition) is 2. The van der Waals surface area contributed by atoms with E-state index in [0.29, 0.717) is 4.73 Å². The monoisotopic (exact) mass is 305 g/mol. The molecule has 3 aromatic rings. The minimum absolute atomic E-state index is 0.231. The fourth-order valence-electron chi connectivity index (χ4n) is 2.02. The van der Waals surface area contributed by atoms with Crippen molar-refractivity contribution in [3.05, 3.63) is 52.6 Å². The average Bonchev–Trinajstić information content (AvgIpc) is 2.69. The molecule has 5 heteroatoms. The van der Waals surface area contributed by atoms with E-state index in [2.05, 4.69) is 26.0 Å². The van der Waals surface area contributed by atoms with Crippen LogP contribution in [0.1, 0.15) is 5.56 Å².